The van der Waals surface area contributed by atoms with Crippen LogP contribution in [0.4, 0.5) is 0 Å². The van der Waals surface area contributed by atoms with Crippen molar-refractivity contribution >= 4 is 45.2 Å². The average Bonchev–Trinajstić information content (AvgIpc) is 4.19. The number of cyclic esters (lactones) is 1. The number of carbonyl (C=O) groups excluding carboxylic acids is 6. The number of hydrogen-bond donors (Lipinski definition) is 3. The molecule has 2 heterocycles. The monoisotopic (exact) mass is 1060 g/mol. The van der Waals surface area contributed by atoms with Crippen LogP contribution in [0.25, 0.3) is 0 Å². The maximum absolute atomic E-state index is 14.2. The van der Waals surface area contributed by atoms with Crippen LogP contribution in [0.5, 0.6) is 0 Å². The molecule has 2 bridgehead atoms. The molecule has 7 unspecified atom stereocenters. The van der Waals surface area contributed by atoms with Gasteiger partial charge in [-0.05, 0) is 122 Å². The van der Waals surface area contributed by atoms with E-state index >= 15 is 0 Å². The van der Waals surface area contributed by atoms with Crippen LogP contribution in [-0.4, -0.2) is 153 Å². The summed E-state index contributed by atoms with van der Waals surface area (Å²) < 4.78 is 63.9. The molecule has 418 valence electrons. The van der Waals surface area contributed by atoms with E-state index in [1.165, 1.54) is 33.9 Å². The summed E-state index contributed by atoms with van der Waals surface area (Å²) in [4.78, 5) is 83.4. The Hall–Kier alpha value is -3.95. The van der Waals surface area contributed by atoms with Gasteiger partial charge >= 0.3 is 11.9 Å². The lowest BCUT2D eigenvalue weighted by molar-refractivity contribution is -0.263. The van der Waals surface area contributed by atoms with Gasteiger partial charge in [-0.15, -0.1) is 0 Å². The minimum atomic E-state index is -4.29. The molecule has 0 aromatic carbocycles. The predicted molar refractivity (Wildman–Crippen MR) is 276 cm³/mol. The number of nitrogens with one attached hydrogen (secondary N) is 1. The molecule has 1 saturated heterocycles. The number of amides is 1. The highest BCUT2D eigenvalue weighted by molar-refractivity contribution is 7.90. The summed E-state index contributed by atoms with van der Waals surface area (Å²) in [6, 6.07) is -2.39. The van der Waals surface area contributed by atoms with Gasteiger partial charge in [0.05, 0.1) is 24.9 Å². The summed E-state index contributed by atoms with van der Waals surface area (Å²) in [5.74, 6) is -10.5. The number of carbonyl (C=O) groups is 6. The first kappa shape index (κ1) is 62.6. The topological polar surface area (TPSA) is 248 Å². The molecular weight excluding hydrogens is 977 g/mol. The van der Waals surface area contributed by atoms with Crippen LogP contribution in [0.3, 0.4) is 0 Å². The average molecular weight is 1060 g/mol. The van der Waals surface area contributed by atoms with E-state index < -0.39 is 99.4 Å². The number of likely N-dealkylation sites (N-methyl/N-ethyl adjacent to an activating group) is 1. The Morgan fingerprint density at radius 2 is 1.59 bits per heavy atom. The Morgan fingerprint density at radius 3 is 2.24 bits per heavy atom. The molecule has 3 N–H and O–H groups in total. The van der Waals surface area contributed by atoms with Crippen LogP contribution in [0.2, 0.25) is 0 Å². The Balaban J connectivity index is 1.68. The summed E-state index contributed by atoms with van der Waals surface area (Å²) in [7, 11) is -0.0461. The number of hydrogen-bond acceptors (Lipinski definition) is 16. The number of aliphatic hydroxyl groups excluding tert-OH is 1. The highest BCUT2D eigenvalue weighted by atomic mass is 32.2. The number of fused-ring (bicyclic) bond motifs is 2. The van der Waals surface area contributed by atoms with E-state index in [0.29, 0.717) is 49.4 Å². The summed E-state index contributed by atoms with van der Waals surface area (Å²) in [6.45, 7) is 13.7. The van der Waals surface area contributed by atoms with Gasteiger partial charge in [0.15, 0.2) is 11.5 Å². The molecule has 2 aliphatic carbocycles. The highest BCUT2D eigenvalue weighted by Crippen LogP contribution is 2.38. The van der Waals surface area contributed by atoms with Gasteiger partial charge in [0.25, 0.3) is 11.7 Å². The van der Waals surface area contributed by atoms with E-state index in [9.17, 15) is 47.4 Å². The first-order valence-corrected chi connectivity index (χ1v) is 28.2. The Kier molecular flexibility index (Phi) is 24.5. The van der Waals surface area contributed by atoms with Crippen LogP contribution in [0, 0.1) is 35.5 Å². The highest BCUT2D eigenvalue weighted by Gasteiger charge is 2.52. The molecule has 2 aliphatic heterocycles. The van der Waals surface area contributed by atoms with Crippen LogP contribution >= 0.6 is 0 Å². The molecular formula is C55H86N2O16S. The van der Waals surface area contributed by atoms with Crippen molar-refractivity contribution in [3.05, 3.63) is 47.6 Å². The zero-order valence-electron chi connectivity index (χ0n) is 45.6. The van der Waals surface area contributed by atoms with Gasteiger partial charge in [-0.25, -0.2) is 17.9 Å². The van der Waals surface area contributed by atoms with Crippen molar-refractivity contribution in [2.24, 2.45) is 35.5 Å². The van der Waals surface area contributed by atoms with E-state index in [-0.39, 0.29) is 67.9 Å². The van der Waals surface area contributed by atoms with E-state index in [1.54, 1.807) is 79.0 Å². The molecule has 18 nitrogen and oxygen atoms in total. The van der Waals surface area contributed by atoms with E-state index in [1.807, 2.05) is 13.0 Å². The zero-order valence-corrected chi connectivity index (χ0v) is 46.4. The van der Waals surface area contributed by atoms with Gasteiger partial charge in [0.1, 0.15) is 30.1 Å². The van der Waals surface area contributed by atoms with Gasteiger partial charge in [0.2, 0.25) is 15.8 Å². The SMILES string of the molecule is CCOC(=O)CS(=O)(=O)NC1C[C@H]2CC[C@H](C)[C@](O)(O2)C(=O)C(=O)N(C)C(C)C(=O)OC([C@H](C)C[C@@H]2CC[C@@H](OCC3CC3)[C@H](OC)C2)CC(=O)C(C)/C=C(\C)C(O)C(OC)C(=O)C(C)CC/C=C/C=C/C=C/1C. The molecule has 3 fully saturated rings. The molecule has 0 aromatic rings. The lowest BCUT2D eigenvalue weighted by Gasteiger charge is -2.42. The molecule has 19 heteroatoms. The van der Waals surface area contributed by atoms with Gasteiger partial charge in [-0.1, -0.05) is 69.7 Å². The Morgan fingerprint density at radius 1 is 0.905 bits per heavy atom. The first-order valence-electron chi connectivity index (χ1n) is 26.5. The van der Waals surface area contributed by atoms with Crippen LogP contribution in [0.15, 0.2) is 47.6 Å². The molecule has 4 aliphatic rings. The van der Waals surface area contributed by atoms with Crippen molar-refractivity contribution in [2.45, 2.75) is 187 Å². The van der Waals surface area contributed by atoms with Crippen molar-refractivity contribution in [3.63, 3.8) is 0 Å². The molecule has 1 amide bonds. The quantitative estimate of drug-likeness (QED) is 0.114. The maximum atomic E-state index is 14.2. The van der Waals surface area contributed by atoms with Crippen molar-refractivity contribution in [1.82, 2.24) is 9.62 Å². The third kappa shape index (κ3) is 18.1. The normalized spacial score (nSPS) is 36.2. The standard InChI is InChI=1S/C55H86N2O16S/c1-12-70-48(59)32-74(66,67)56-43-29-42-24-20-38(7)55(65,73-42)52(62)53(63)57(9)39(8)54(64)72-46(36(5)27-41-23-25-45(47(28-41)68-10)71-31-40-21-22-40)30-44(58)35(4)26-37(6)50(61)51(69-11)49(60)34(3)19-17-15-13-14-16-18-33(43)2/h13-16,18,26,34-36,38-43,45-47,50-51,56,61,65H,12,17,19-25,27-32H2,1-11H3/b15-13+,16-14+,33-18+,37-26+/t34?,35?,36-,38+,39?,41+,42-,43?,45-,46?,47-,50?,51?,55+/m1/s1. The first-order chi connectivity index (χ1) is 34.9. The second-order valence-electron chi connectivity index (χ2n) is 21.3. The number of esters is 2. The molecule has 0 radical (unpaired) electrons. The molecule has 4 rings (SSSR count). The van der Waals surface area contributed by atoms with Gasteiger partial charge in [0, 0.05) is 58.1 Å². The number of nitrogens with zero attached hydrogens (tertiary/aromatic N) is 1. The fourth-order valence-corrected chi connectivity index (χ4v) is 11.2. The number of ether oxygens (including phenoxy) is 6. The second kappa shape index (κ2) is 29.0. The van der Waals surface area contributed by atoms with Crippen molar-refractivity contribution in [2.75, 3.05) is 40.2 Å². The largest absolute Gasteiger partial charge is 0.465 e. The van der Waals surface area contributed by atoms with Gasteiger partial charge < -0.3 is 43.5 Å². The minimum Gasteiger partial charge on any atom is -0.465 e. The third-order valence-corrected chi connectivity index (χ3v) is 16.6. The molecule has 2 saturated carbocycles. The van der Waals surface area contributed by atoms with Gasteiger partial charge in [-0.2, -0.15) is 0 Å². The number of methoxy groups -OCH3 is 2. The zero-order chi connectivity index (χ0) is 55.1. The summed E-state index contributed by atoms with van der Waals surface area (Å²) >= 11 is 0. The van der Waals surface area contributed by atoms with Crippen molar-refractivity contribution < 1.29 is 75.8 Å². The van der Waals surface area contributed by atoms with Gasteiger partial charge in [-0.3, -0.25) is 24.0 Å². The molecule has 0 aromatic heterocycles. The maximum Gasteiger partial charge on any atom is 0.328 e. The molecule has 74 heavy (non-hydrogen) atoms. The van der Waals surface area contributed by atoms with Crippen molar-refractivity contribution in [1.29, 1.82) is 0 Å². The molecule has 14 atom stereocenters. The predicted octanol–water partition coefficient (Wildman–Crippen LogP) is 5.67. The number of Topliss-reactive ketones (excluding diaryl/α,β-unsaturated/α-hetero) is 3. The number of ketones is 3. The second-order valence-corrected chi connectivity index (χ2v) is 23.1. The number of aliphatic hydroxyl groups is 2. The van der Waals surface area contributed by atoms with Crippen LogP contribution in [-0.2, 0) is 67.2 Å². The lowest BCUT2D eigenvalue weighted by Crippen LogP contribution is -2.59. The third-order valence-electron chi connectivity index (χ3n) is 15.4. The van der Waals surface area contributed by atoms with Crippen LogP contribution in [0.1, 0.15) is 132 Å². The van der Waals surface area contributed by atoms with E-state index in [4.69, 9.17) is 28.4 Å². The fraction of sp³-hybridized carbons (Fsp3) is 0.745. The van der Waals surface area contributed by atoms with E-state index in [2.05, 4.69) is 4.72 Å². The molecule has 0 spiro atoms. The Bertz CT molecular complexity index is 2170. The lowest BCUT2D eigenvalue weighted by atomic mass is 9.78. The van der Waals surface area contributed by atoms with E-state index in [0.717, 1.165) is 17.7 Å². The summed E-state index contributed by atoms with van der Waals surface area (Å²) in [5.41, 5.74) is 0.836. The summed E-state index contributed by atoms with van der Waals surface area (Å²) in [6.07, 6.45) is 11.8. The van der Waals surface area contributed by atoms with Crippen molar-refractivity contribution in [3.8, 4) is 0 Å². The number of rotatable bonds is 13. The van der Waals surface area contributed by atoms with Crippen LogP contribution < -0.4 is 4.72 Å². The fourth-order valence-electron chi connectivity index (χ4n) is 9.96. The number of allylic oxidation sites excluding steroid dienone is 6. The Labute approximate surface area is 439 Å². The minimum absolute atomic E-state index is 0.0271. The summed E-state index contributed by atoms with van der Waals surface area (Å²) in [5, 5.41) is 23.4. The number of sulfonamides is 1. The smallest absolute Gasteiger partial charge is 0.328 e.